The second-order valence-electron chi connectivity index (χ2n) is 3.58. The summed E-state index contributed by atoms with van der Waals surface area (Å²) in [5.74, 6) is -3.80. The molecule has 1 aromatic rings. The third-order valence-electron chi connectivity index (χ3n) is 1.93. The number of anilines is 1. The lowest BCUT2D eigenvalue weighted by molar-refractivity contribution is 0.0128. The number of pyridine rings is 1. The molecule has 0 fully saturated rings. The van der Waals surface area contributed by atoms with Gasteiger partial charge in [0, 0.05) is 25.0 Å². The Morgan fingerprint density at radius 2 is 2.18 bits per heavy atom. The van der Waals surface area contributed by atoms with Crippen LogP contribution >= 0.6 is 0 Å². The second kappa shape index (κ2) is 4.99. The molecule has 3 nitrogen and oxygen atoms in total. The van der Waals surface area contributed by atoms with Crippen molar-refractivity contribution in [3.05, 3.63) is 36.1 Å². The molecule has 0 saturated carbocycles. The minimum atomic E-state index is -3.04. The van der Waals surface area contributed by atoms with Crippen LogP contribution in [0.1, 0.15) is 19.5 Å². The molecule has 2 N–H and O–H groups in total. The summed E-state index contributed by atoms with van der Waals surface area (Å²) in [7, 11) is 0. The Hall–Kier alpha value is -1.85. The average Bonchev–Trinajstić information content (AvgIpc) is 2.25. The maximum absolute atomic E-state index is 13.0. The minimum absolute atomic E-state index is 0.243. The monoisotopic (exact) mass is 243 g/mol. The molecule has 0 radical (unpaired) electrons. The van der Waals surface area contributed by atoms with Crippen molar-refractivity contribution in [1.29, 1.82) is 5.41 Å². The quantitative estimate of drug-likeness (QED) is 0.795. The molecule has 0 aliphatic rings. The lowest BCUT2D eigenvalue weighted by atomic mass is 10.2. The summed E-state index contributed by atoms with van der Waals surface area (Å²) < 4.78 is 38.9. The Labute approximate surface area is 96.9 Å². The number of allylic oxidation sites excluding steroid dienone is 1. The Balaban J connectivity index is 2.87. The summed E-state index contributed by atoms with van der Waals surface area (Å²) in [5.41, 5.74) is -0.358. The van der Waals surface area contributed by atoms with Crippen LogP contribution in [-0.2, 0) is 5.92 Å². The fourth-order valence-corrected chi connectivity index (χ4v) is 1.02. The number of hydrogen-bond donors (Lipinski definition) is 2. The molecule has 0 saturated heterocycles. The first kappa shape index (κ1) is 13.2. The van der Waals surface area contributed by atoms with Gasteiger partial charge in [-0.15, -0.1) is 0 Å². The average molecular weight is 243 g/mol. The lowest BCUT2D eigenvalue weighted by Gasteiger charge is -2.10. The zero-order valence-electron chi connectivity index (χ0n) is 9.39. The van der Waals surface area contributed by atoms with Crippen molar-refractivity contribution in [2.24, 2.45) is 0 Å². The summed E-state index contributed by atoms with van der Waals surface area (Å²) in [6.45, 7) is 2.02. The number of nitrogens with zero attached hydrogens (tertiary/aromatic N) is 1. The third kappa shape index (κ3) is 3.90. The van der Waals surface area contributed by atoms with E-state index in [4.69, 9.17) is 5.41 Å². The highest BCUT2D eigenvalue weighted by molar-refractivity contribution is 5.93. The third-order valence-corrected chi connectivity index (χ3v) is 1.93. The van der Waals surface area contributed by atoms with Crippen LogP contribution < -0.4 is 5.32 Å². The molecular weight excluding hydrogens is 231 g/mol. The molecule has 6 heteroatoms. The molecule has 0 spiro atoms. The van der Waals surface area contributed by atoms with E-state index in [1.165, 1.54) is 19.2 Å². The van der Waals surface area contributed by atoms with Crippen molar-refractivity contribution >= 4 is 11.4 Å². The van der Waals surface area contributed by atoms with Gasteiger partial charge in [0.25, 0.3) is 5.92 Å². The van der Waals surface area contributed by atoms with Gasteiger partial charge in [-0.05, 0) is 19.1 Å². The van der Waals surface area contributed by atoms with Gasteiger partial charge in [0.1, 0.15) is 5.69 Å². The van der Waals surface area contributed by atoms with E-state index < -0.39 is 17.4 Å². The van der Waals surface area contributed by atoms with Crippen molar-refractivity contribution in [1.82, 2.24) is 4.98 Å². The van der Waals surface area contributed by atoms with E-state index in [1.807, 2.05) is 0 Å². The molecule has 92 valence electrons. The van der Waals surface area contributed by atoms with E-state index in [0.29, 0.717) is 0 Å². The van der Waals surface area contributed by atoms with Gasteiger partial charge in [-0.3, -0.25) is 4.98 Å². The number of alkyl halides is 2. The lowest BCUT2D eigenvalue weighted by Crippen LogP contribution is -2.09. The molecule has 0 bridgehead atoms. The van der Waals surface area contributed by atoms with Crippen LogP contribution in [0, 0.1) is 5.41 Å². The fourth-order valence-electron chi connectivity index (χ4n) is 1.02. The van der Waals surface area contributed by atoms with Gasteiger partial charge in [0.2, 0.25) is 0 Å². The van der Waals surface area contributed by atoms with Gasteiger partial charge in [-0.25, -0.2) is 4.39 Å². The molecule has 0 unspecified atom stereocenters. The van der Waals surface area contributed by atoms with Gasteiger partial charge in [0.15, 0.2) is 5.83 Å². The highest BCUT2D eigenvalue weighted by atomic mass is 19.3. The molecule has 1 aromatic heterocycles. The highest BCUT2D eigenvalue weighted by Gasteiger charge is 2.25. The van der Waals surface area contributed by atoms with Crippen molar-refractivity contribution < 1.29 is 13.2 Å². The van der Waals surface area contributed by atoms with Crippen molar-refractivity contribution in [3.8, 4) is 0 Å². The number of halogens is 3. The zero-order chi connectivity index (χ0) is 13.1. The maximum Gasteiger partial charge on any atom is 0.287 e. The van der Waals surface area contributed by atoms with Crippen LogP contribution in [-0.4, -0.2) is 10.7 Å². The molecular formula is C11H12F3N3. The van der Waals surface area contributed by atoms with Crippen molar-refractivity contribution in [3.63, 3.8) is 0 Å². The normalized spacial score (nSPS) is 12.4. The van der Waals surface area contributed by atoms with Gasteiger partial charge < -0.3 is 10.7 Å². The van der Waals surface area contributed by atoms with Crippen LogP contribution in [0.5, 0.6) is 0 Å². The second-order valence-corrected chi connectivity index (χ2v) is 3.58. The smallest absolute Gasteiger partial charge is 0.287 e. The zero-order valence-corrected chi connectivity index (χ0v) is 9.39. The SMILES string of the molecule is CC(=N)/C(F)=C\Nc1ccnc(C(C)(F)F)c1. The first-order valence-corrected chi connectivity index (χ1v) is 4.83. The van der Waals surface area contributed by atoms with Crippen LogP contribution in [0.3, 0.4) is 0 Å². The first-order chi connectivity index (χ1) is 7.80. The maximum atomic E-state index is 13.0. The molecule has 0 amide bonds. The Morgan fingerprint density at radius 3 is 2.71 bits per heavy atom. The number of nitrogens with one attached hydrogen (secondary N) is 2. The molecule has 0 aromatic carbocycles. The largest absolute Gasteiger partial charge is 0.359 e. The number of hydrogen-bond acceptors (Lipinski definition) is 3. The molecule has 0 atom stereocenters. The number of aromatic nitrogens is 1. The van der Waals surface area contributed by atoms with Crippen LogP contribution in [0.25, 0.3) is 0 Å². The number of rotatable bonds is 4. The first-order valence-electron chi connectivity index (χ1n) is 4.83. The Bertz CT molecular complexity index is 450. The molecule has 1 rings (SSSR count). The Kier molecular flexibility index (Phi) is 3.88. The minimum Gasteiger partial charge on any atom is -0.359 e. The van der Waals surface area contributed by atoms with Gasteiger partial charge >= 0.3 is 0 Å². The van der Waals surface area contributed by atoms with E-state index in [0.717, 1.165) is 19.2 Å². The predicted octanol–water partition coefficient (Wildman–Crippen LogP) is 3.46. The van der Waals surface area contributed by atoms with Crippen molar-refractivity contribution in [2.45, 2.75) is 19.8 Å². The molecule has 1 heterocycles. The van der Waals surface area contributed by atoms with Gasteiger partial charge in [0.05, 0.1) is 5.71 Å². The summed E-state index contributed by atoms with van der Waals surface area (Å²) in [6, 6.07) is 2.56. The Morgan fingerprint density at radius 1 is 1.53 bits per heavy atom. The van der Waals surface area contributed by atoms with E-state index >= 15 is 0 Å². The molecule has 0 aliphatic carbocycles. The van der Waals surface area contributed by atoms with Gasteiger partial charge in [-0.2, -0.15) is 8.78 Å². The van der Waals surface area contributed by atoms with E-state index in [-0.39, 0.29) is 11.4 Å². The summed E-state index contributed by atoms with van der Waals surface area (Å²) >= 11 is 0. The van der Waals surface area contributed by atoms with Crippen LogP contribution in [0.15, 0.2) is 30.4 Å². The predicted molar refractivity (Wildman–Crippen MR) is 60.0 cm³/mol. The molecule has 0 aliphatic heterocycles. The highest BCUT2D eigenvalue weighted by Crippen LogP contribution is 2.26. The van der Waals surface area contributed by atoms with E-state index in [9.17, 15) is 13.2 Å². The van der Waals surface area contributed by atoms with Crippen LogP contribution in [0.2, 0.25) is 0 Å². The summed E-state index contributed by atoms with van der Waals surface area (Å²) in [5, 5.41) is 9.48. The van der Waals surface area contributed by atoms with Gasteiger partial charge in [-0.1, -0.05) is 0 Å². The van der Waals surface area contributed by atoms with Crippen LogP contribution in [0.4, 0.5) is 18.9 Å². The topological polar surface area (TPSA) is 48.8 Å². The van der Waals surface area contributed by atoms with Crippen molar-refractivity contribution in [2.75, 3.05) is 5.32 Å². The fraction of sp³-hybridized carbons (Fsp3) is 0.273. The van der Waals surface area contributed by atoms with E-state index in [2.05, 4.69) is 10.3 Å². The standard InChI is InChI=1S/C11H12F3N3/c1-7(15)9(12)6-17-8-3-4-16-10(5-8)11(2,13)14/h3-6,15H,1-2H3,(H,16,17)/b9-6+,15-7?. The van der Waals surface area contributed by atoms with E-state index in [1.54, 1.807) is 0 Å². The summed E-state index contributed by atoms with van der Waals surface area (Å²) in [6.07, 6.45) is 2.15. The molecule has 17 heavy (non-hydrogen) atoms. The summed E-state index contributed by atoms with van der Waals surface area (Å²) in [4.78, 5) is 3.53.